The van der Waals surface area contributed by atoms with Crippen molar-refractivity contribution in [2.24, 2.45) is 0 Å². The van der Waals surface area contributed by atoms with Crippen molar-refractivity contribution in [2.75, 3.05) is 0 Å². The van der Waals surface area contributed by atoms with Gasteiger partial charge in [-0.15, -0.1) is 0 Å². The van der Waals surface area contributed by atoms with E-state index in [1.54, 1.807) is 0 Å². The van der Waals surface area contributed by atoms with Gasteiger partial charge in [-0.2, -0.15) is 0 Å². The fourth-order valence-corrected chi connectivity index (χ4v) is 8.62. The molecule has 0 saturated heterocycles. The Bertz CT molecular complexity index is 2890. The third kappa shape index (κ3) is 5.04. The van der Waals surface area contributed by atoms with E-state index in [1.165, 1.54) is 38.6 Å². The Kier molecular flexibility index (Phi) is 6.96. The van der Waals surface area contributed by atoms with Gasteiger partial charge in [0.2, 0.25) is 0 Å². The lowest BCUT2D eigenvalue weighted by Crippen LogP contribution is -2.15. The van der Waals surface area contributed by atoms with Gasteiger partial charge in [-0.3, -0.25) is 0 Å². The van der Waals surface area contributed by atoms with Crippen molar-refractivity contribution in [3.05, 3.63) is 168 Å². The van der Waals surface area contributed by atoms with E-state index >= 15 is 0 Å². The lowest BCUT2D eigenvalue weighted by Gasteiger charge is -2.26. The van der Waals surface area contributed by atoms with Crippen LogP contribution in [0.3, 0.4) is 0 Å². The van der Waals surface area contributed by atoms with E-state index in [1.807, 2.05) is 48.5 Å². The molecule has 262 valence electrons. The quantitative estimate of drug-likeness (QED) is 0.182. The minimum atomic E-state index is -0.138. The number of rotatable bonds is 4. The summed E-state index contributed by atoms with van der Waals surface area (Å²) in [5, 5.41) is 2.43. The molecule has 11 rings (SSSR count). The maximum Gasteiger partial charge on any atom is 0.178 e. The zero-order valence-corrected chi connectivity index (χ0v) is 30.5. The predicted octanol–water partition coefficient (Wildman–Crippen LogP) is 12.9. The third-order valence-electron chi connectivity index (χ3n) is 11.5. The van der Waals surface area contributed by atoms with E-state index in [0.29, 0.717) is 29.0 Å². The molecule has 0 fully saturated rings. The van der Waals surface area contributed by atoms with Crippen LogP contribution in [0, 0.1) is 0 Å². The van der Waals surface area contributed by atoms with Crippen LogP contribution in [-0.2, 0) is 11.8 Å². The molecule has 0 amide bonds. The number of ether oxygens (including phenoxy) is 2. The second-order valence-corrected chi connectivity index (χ2v) is 15.1. The molecule has 2 heterocycles. The Morgan fingerprint density at radius 2 is 1.22 bits per heavy atom. The molecule has 0 spiro atoms. The molecule has 0 atom stereocenters. The smallest absolute Gasteiger partial charge is 0.178 e. The maximum atomic E-state index is 6.90. The third-order valence-corrected chi connectivity index (χ3v) is 11.5. The van der Waals surface area contributed by atoms with Crippen molar-refractivity contribution >= 4 is 16.8 Å². The lowest BCUT2D eigenvalue weighted by atomic mass is 9.82. The highest BCUT2D eigenvalue weighted by molar-refractivity contribution is 5.95. The summed E-state index contributed by atoms with van der Waals surface area (Å²) < 4.78 is 13.5. The van der Waals surface area contributed by atoms with Crippen LogP contribution < -0.4 is 9.47 Å². The van der Waals surface area contributed by atoms with Crippen LogP contribution in [-0.4, -0.2) is 15.0 Å². The molecule has 0 N–H and O–H groups in total. The first-order valence-electron chi connectivity index (χ1n) is 18.9. The second kappa shape index (κ2) is 12.1. The lowest BCUT2D eigenvalue weighted by molar-refractivity contribution is 0.361. The van der Waals surface area contributed by atoms with Gasteiger partial charge in [0, 0.05) is 33.2 Å². The van der Waals surface area contributed by atoms with Gasteiger partial charge in [-0.1, -0.05) is 147 Å². The average molecular weight is 710 g/mol. The first-order valence-corrected chi connectivity index (χ1v) is 18.9. The summed E-state index contributed by atoms with van der Waals surface area (Å²) in [6.07, 6.45) is 6.69. The highest BCUT2D eigenvalue weighted by atomic mass is 16.6. The number of nitrogens with zero attached hydrogens (tertiary/aromatic N) is 3. The van der Waals surface area contributed by atoms with E-state index in [0.717, 1.165) is 57.7 Å². The minimum Gasteiger partial charge on any atom is -0.449 e. The number of hydrogen-bond acceptors (Lipinski definition) is 5. The number of aromatic nitrogens is 3. The van der Waals surface area contributed by atoms with E-state index in [-0.39, 0.29) is 5.41 Å². The van der Waals surface area contributed by atoms with Crippen LogP contribution in [0.4, 0.5) is 0 Å². The first-order chi connectivity index (χ1) is 27.0. The second-order valence-electron chi connectivity index (χ2n) is 15.1. The van der Waals surface area contributed by atoms with Gasteiger partial charge in [0.25, 0.3) is 0 Å². The molecule has 0 saturated carbocycles. The van der Waals surface area contributed by atoms with Crippen LogP contribution in [0.5, 0.6) is 23.0 Å². The van der Waals surface area contributed by atoms with Gasteiger partial charge >= 0.3 is 0 Å². The standard InChI is InChI=1S/C50H35N3O2/c1-50(2)40-17-9-8-15-39(40)44-41(50)27-28-43-46(44)55-45-38(16-10-18-42(45)54-43)31-19-22-33(23-20-31)48-51-47(32-12-4-3-5-13-32)52-49(53-48)35-25-26-37-34(29-35)24-21-30-11-6-7-14-36(30)37/h3-5,7-10,12-29H,6,11H2,1-2H3. The average Bonchev–Trinajstić information content (AvgIpc) is 3.48. The first kappa shape index (κ1) is 31.7. The van der Waals surface area contributed by atoms with E-state index in [4.69, 9.17) is 24.4 Å². The van der Waals surface area contributed by atoms with Crippen molar-refractivity contribution in [1.29, 1.82) is 0 Å². The van der Waals surface area contributed by atoms with Crippen molar-refractivity contribution in [3.63, 3.8) is 0 Å². The minimum absolute atomic E-state index is 0.138. The van der Waals surface area contributed by atoms with Gasteiger partial charge < -0.3 is 9.47 Å². The van der Waals surface area contributed by atoms with Crippen LogP contribution in [0.2, 0.25) is 0 Å². The van der Waals surface area contributed by atoms with Crippen LogP contribution >= 0.6 is 0 Å². The molecular formula is C50H35N3O2. The molecule has 0 bridgehead atoms. The summed E-state index contributed by atoms with van der Waals surface area (Å²) in [6.45, 7) is 4.55. The molecule has 0 unspecified atom stereocenters. The Labute approximate surface area is 319 Å². The SMILES string of the molecule is CC1(C)c2ccccc2-c2c1ccc1c2Oc2c(cccc2-c2ccc(-c3nc(-c4ccccc4)nc(-c4ccc5c6c(ccc5c4)CCC=C6)n3)cc2)O1. The molecule has 2 aliphatic carbocycles. The van der Waals surface area contributed by atoms with Gasteiger partial charge in [0.05, 0.1) is 0 Å². The maximum absolute atomic E-state index is 6.90. The topological polar surface area (TPSA) is 57.1 Å². The number of benzene rings is 7. The van der Waals surface area contributed by atoms with E-state index < -0.39 is 0 Å². The molecule has 8 aromatic rings. The Hall–Kier alpha value is -6.85. The van der Waals surface area contributed by atoms with Gasteiger partial charge in [0.1, 0.15) is 0 Å². The summed E-state index contributed by atoms with van der Waals surface area (Å²) in [7, 11) is 0. The summed E-state index contributed by atoms with van der Waals surface area (Å²) in [5.74, 6) is 4.79. The van der Waals surface area contributed by atoms with Crippen LogP contribution in [0.25, 0.3) is 73.3 Å². The van der Waals surface area contributed by atoms with E-state index in [2.05, 4.69) is 117 Å². The van der Waals surface area contributed by atoms with Crippen molar-refractivity contribution < 1.29 is 9.47 Å². The number of hydrogen-bond donors (Lipinski definition) is 0. The van der Waals surface area contributed by atoms with Crippen molar-refractivity contribution in [2.45, 2.75) is 32.1 Å². The van der Waals surface area contributed by atoms with Crippen molar-refractivity contribution in [1.82, 2.24) is 15.0 Å². The molecule has 5 nitrogen and oxygen atoms in total. The zero-order chi connectivity index (χ0) is 36.7. The Morgan fingerprint density at radius 1 is 0.527 bits per heavy atom. The fourth-order valence-electron chi connectivity index (χ4n) is 8.62. The monoisotopic (exact) mass is 709 g/mol. The predicted molar refractivity (Wildman–Crippen MR) is 221 cm³/mol. The molecule has 0 radical (unpaired) electrons. The summed E-state index contributed by atoms with van der Waals surface area (Å²) in [6, 6.07) is 48.4. The Morgan fingerprint density at radius 3 is 2.05 bits per heavy atom. The molecule has 1 aromatic heterocycles. The van der Waals surface area contributed by atoms with Crippen LogP contribution in [0.1, 0.15) is 42.5 Å². The fraction of sp³-hybridized carbons (Fsp3) is 0.100. The van der Waals surface area contributed by atoms with Gasteiger partial charge in [-0.05, 0) is 75.2 Å². The summed E-state index contributed by atoms with van der Waals surface area (Å²) >= 11 is 0. The normalized spacial score (nSPS) is 14.2. The molecule has 55 heavy (non-hydrogen) atoms. The molecule has 5 heteroatoms. The van der Waals surface area contributed by atoms with Gasteiger partial charge in [0.15, 0.2) is 40.5 Å². The molecular weight excluding hydrogens is 675 g/mol. The highest BCUT2D eigenvalue weighted by Gasteiger charge is 2.39. The van der Waals surface area contributed by atoms with Gasteiger partial charge in [-0.25, -0.2) is 15.0 Å². The number of para-hydroxylation sites is 1. The summed E-state index contributed by atoms with van der Waals surface area (Å²) in [4.78, 5) is 15.1. The number of fused-ring (bicyclic) bond motifs is 9. The molecule has 1 aliphatic heterocycles. The number of allylic oxidation sites excluding steroid dienone is 1. The number of aryl methyl sites for hydroxylation is 1. The van der Waals surface area contributed by atoms with Crippen LogP contribution in [0.15, 0.2) is 146 Å². The Balaban J connectivity index is 0.977. The highest BCUT2D eigenvalue weighted by Crippen LogP contribution is 2.59. The molecule has 3 aliphatic rings. The summed E-state index contributed by atoms with van der Waals surface area (Å²) in [5.41, 5.74) is 12.2. The van der Waals surface area contributed by atoms with Crippen molar-refractivity contribution in [3.8, 4) is 79.4 Å². The largest absolute Gasteiger partial charge is 0.449 e. The van der Waals surface area contributed by atoms with E-state index in [9.17, 15) is 0 Å². The molecule has 7 aromatic carbocycles. The zero-order valence-electron chi connectivity index (χ0n) is 30.5.